The van der Waals surface area contributed by atoms with Gasteiger partial charge in [0.1, 0.15) is 17.8 Å². The first-order chi connectivity index (χ1) is 18.1. The van der Waals surface area contributed by atoms with Gasteiger partial charge in [0.25, 0.3) is 0 Å². The molecule has 224 valence electrons. The summed E-state index contributed by atoms with van der Waals surface area (Å²) in [6.45, 7) is 12.3. The van der Waals surface area contributed by atoms with Crippen molar-refractivity contribution < 1.29 is 39.5 Å². The largest absolute Gasteiger partial charge is 0.457 e. The van der Waals surface area contributed by atoms with Crippen LogP contribution in [0.4, 0.5) is 0 Å². The standard InChI is InChI=1S/C30H49BrO8/c1-8-25(34)21(5)28(36)24(31)16-18(2)10-9-11-19(3)29-20(4)12-13-26(38-22(6)32)30(7,37)15-14-23(33)17-27(35)39-29/h9-13,18,20-21,23-26,28-29,33-34,36-37H,8,14-17H2,1-7H3/b10-9+,13-12+,19-11+. The number of esters is 2. The van der Waals surface area contributed by atoms with Gasteiger partial charge in [0.05, 0.1) is 24.7 Å². The van der Waals surface area contributed by atoms with Crippen LogP contribution in [-0.4, -0.2) is 73.3 Å². The molecule has 0 aromatic rings. The number of allylic oxidation sites excluding steroid dienone is 3. The van der Waals surface area contributed by atoms with Crippen LogP contribution < -0.4 is 0 Å². The van der Waals surface area contributed by atoms with Crippen molar-refractivity contribution in [1.29, 1.82) is 0 Å². The Kier molecular flexibility index (Phi) is 15.2. The van der Waals surface area contributed by atoms with E-state index in [1.807, 2.05) is 52.8 Å². The van der Waals surface area contributed by atoms with Crippen LogP contribution in [0, 0.1) is 17.8 Å². The summed E-state index contributed by atoms with van der Waals surface area (Å²) in [5, 5.41) is 41.9. The molecule has 0 bridgehead atoms. The van der Waals surface area contributed by atoms with Gasteiger partial charge in [0.15, 0.2) is 0 Å². The zero-order valence-electron chi connectivity index (χ0n) is 24.4. The maximum atomic E-state index is 12.6. The van der Waals surface area contributed by atoms with Gasteiger partial charge in [-0.25, -0.2) is 0 Å². The number of cyclic esters (lactones) is 1. The molecule has 1 heterocycles. The molecule has 1 rings (SSSR count). The molecule has 10 atom stereocenters. The molecule has 4 N–H and O–H groups in total. The van der Waals surface area contributed by atoms with E-state index in [1.165, 1.54) is 6.92 Å². The Balaban J connectivity index is 3.07. The molecule has 0 saturated heterocycles. The topological polar surface area (TPSA) is 134 Å². The second kappa shape index (κ2) is 16.7. The lowest BCUT2D eigenvalue weighted by molar-refractivity contribution is -0.157. The van der Waals surface area contributed by atoms with Crippen molar-refractivity contribution in [3.63, 3.8) is 0 Å². The Bertz CT molecular complexity index is 867. The zero-order chi connectivity index (χ0) is 29.9. The quantitative estimate of drug-likeness (QED) is 0.123. The van der Waals surface area contributed by atoms with E-state index < -0.39 is 48.1 Å². The first-order valence-electron chi connectivity index (χ1n) is 13.9. The van der Waals surface area contributed by atoms with Crippen LogP contribution in [0.25, 0.3) is 0 Å². The van der Waals surface area contributed by atoms with Crippen LogP contribution in [0.15, 0.2) is 36.0 Å². The van der Waals surface area contributed by atoms with E-state index in [-0.39, 0.29) is 41.8 Å². The summed E-state index contributed by atoms with van der Waals surface area (Å²) >= 11 is 3.57. The molecule has 0 radical (unpaired) electrons. The van der Waals surface area contributed by atoms with E-state index in [2.05, 4.69) is 15.9 Å². The van der Waals surface area contributed by atoms with E-state index in [9.17, 15) is 30.0 Å². The van der Waals surface area contributed by atoms with E-state index in [1.54, 1.807) is 19.1 Å². The van der Waals surface area contributed by atoms with Crippen molar-refractivity contribution in [2.45, 2.75) is 122 Å². The molecular formula is C30H49BrO8. The second-order valence-electron chi connectivity index (χ2n) is 11.3. The number of hydrogen-bond acceptors (Lipinski definition) is 8. The van der Waals surface area contributed by atoms with Crippen LogP contribution in [0.3, 0.4) is 0 Å². The molecule has 10 unspecified atom stereocenters. The molecule has 0 aromatic heterocycles. The molecule has 9 heteroatoms. The first-order valence-corrected chi connectivity index (χ1v) is 14.8. The van der Waals surface area contributed by atoms with Crippen molar-refractivity contribution in [3.8, 4) is 0 Å². The number of halogens is 1. The van der Waals surface area contributed by atoms with Crippen molar-refractivity contribution >= 4 is 27.9 Å². The Morgan fingerprint density at radius 3 is 2.51 bits per heavy atom. The van der Waals surface area contributed by atoms with Gasteiger partial charge in [-0.2, -0.15) is 0 Å². The van der Waals surface area contributed by atoms with E-state index in [0.29, 0.717) is 12.8 Å². The average molecular weight is 618 g/mol. The molecule has 0 aliphatic carbocycles. The maximum Gasteiger partial charge on any atom is 0.309 e. The Labute approximate surface area is 242 Å². The van der Waals surface area contributed by atoms with Gasteiger partial charge < -0.3 is 29.9 Å². The third kappa shape index (κ3) is 12.3. The summed E-state index contributed by atoms with van der Waals surface area (Å²) in [7, 11) is 0. The third-order valence-corrected chi connectivity index (χ3v) is 8.31. The monoisotopic (exact) mass is 616 g/mol. The van der Waals surface area contributed by atoms with E-state index in [0.717, 1.165) is 5.57 Å². The minimum absolute atomic E-state index is 0.122. The number of hydrogen-bond donors (Lipinski definition) is 4. The lowest BCUT2D eigenvalue weighted by Gasteiger charge is -2.32. The van der Waals surface area contributed by atoms with Gasteiger partial charge >= 0.3 is 11.9 Å². The van der Waals surface area contributed by atoms with Crippen LogP contribution >= 0.6 is 15.9 Å². The molecular weight excluding hydrogens is 568 g/mol. The zero-order valence-corrected chi connectivity index (χ0v) is 26.0. The second-order valence-corrected chi connectivity index (χ2v) is 12.5. The lowest BCUT2D eigenvalue weighted by atomic mass is 9.88. The number of aliphatic hydroxyl groups is 4. The summed E-state index contributed by atoms with van der Waals surface area (Å²) in [6, 6.07) is 0. The minimum atomic E-state index is -1.42. The fraction of sp³-hybridized carbons (Fsp3) is 0.733. The van der Waals surface area contributed by atoms with Crippen LogP contribution in [0.1, 0.15) is 80.6 Å². The van der Waals surface area contributed by atoms with E-state index in [4.69, 9.17) is 9.47 Å². The lowest BCUT2D eigenvalue weighted by Crippen LogP contribution is -2.42. The maximum absolute atomic E-state index is 12.6. The van der Waals surface area contributed by atoms with Gasteiger partial charge in [0, 0.05) is 23.6 Å². The van der Waals surface area contributed by atoms with Crippen molar-refractivity contribution in [1.82, 2.24) is 0 Å². The first kappa shape index (κ1) is 35.5. The van der Waals surface area contributed by atoms with E-state index >= 15 is 0 Å². The smallest absolute Gasteiger partial charge is 0.309 e. The molecule has 1 aliphatic heterocycles. The molecule has 1 aliphatic rings. The van der Waals surface area contributed by atoms with Gasteiger partial charge in [-0.15, -0.1) is 0 Å². The van der Waals surface area contributed by atoms with Crippen molar-refractivity contribution in [2.75, 3.05) is 0 Å². The predicted molar refractivity (Wildman–Crippen MR) is 155 cm³/mol. The summed E-state index contributed by atoms with van der Waals surface area (Å²) in [4.78, 5) is 24.1. The minimum Gasteiger partial charge on any atom is -0.457 e. The number of alkyl halides is 1. The highest BCUT2D eigenvalue weighted by Gasteiger charge is 2.35. The Morgan fingerprint density at radius 2 is 1.92 bits per heavy atom. The highest BCUT2D eigenvalue weighted by molar-refractivity contribution is 9.09. The Morgan fingerprint density at radius 1 is 1.28 bits per heavy atom. The molecule has 0 aromatic carbocycles. The summed E-state index contributed by atoms with van der Waals surface area (Å²) in [6.07, 6.45) is 6.67. The number of ether oxygens (including phenoxy) is 2. The molecule has 0 saturated carbocycles. The normalized spacial score (nSPS) is 32.2. The molecule has 0 spiro atoms. The van der Waals surface area contributed by atoms with Gasteiger partial charge in [0.2, 0.25) is 0 Å². The van der Waals surface area contributed by atoms with Crippen LogP contribution in [-0.2, 0) is 19.1 Å². The SMILES string of the molecule is CCC(O)C(C)C(O)C(Br)CC(C)/C=C/C=C(\C)C1OC(=O)CC(O)CCC(C)(O)C(OC(C)=O)/C=C/C1C. The Hall–Kier alpha value is -1.52. The van der Waals surface area contributed by atoms with Crippen LogP contribution in [0.2, 0.25) is 0 Å². The molecule has 8 nitrogen and oxygen atoms in total. The molecule has 39 heavy (non-hydrogen) atoms. The number of aliphatic hydroxyl groups excluding tert-OH is 3. The third-order valence-electron chi connectivity index (χ3n) is 7.40. The highest BCUT2D eigenvalue weighted by atomic mass is 79.9. The summed E-state index contributed by atoms with van der Waals surface area (Å²) in [5.41, 5.74) is -0.639. The van der Waals surface area contributed by atoms with Crippen molar-refractivity contribution in [2.24, 2.45) is 17.8 Å². The highest BCUT2D eigenvalue weighted by Crippen LogP contribution is 2.28. The fourth-order valence-corrected chi connectivity index (χ4v) is 5.69. The van der Waals surface area contributed by atoms with Crippen LogP contribution in [0.5, 0.6) is 0 Å². The fourth-order valence-electron chi connectivity index (χ4n) is 4.62. The predicted octanol–water partition coefficient (Wildman–Crippen LogP) is 4.38. The van der Waals surface area contributed by atoms with Crippen molar-refractivity contribution in [3.05, 3.63) is 36.0 Å². The number of rotatable bonds is 10. The molecule has 0 amide bonds. The molecule has 0 fully saturated rings. The van der Waals surface area contributed by atoms with Gasteiger partial charge in [-0.05, 0) is 57.1 Å². The van der Waals surface area contributed by atoms with Gasteiger partial charge in [-0.3, -0.25) is 9.59 Å². The summed E-state index contributed by atoms with van der Waals surface area (Å²) in [5.74, 6) is -1.50. The number of carbonyl (C=O) groups excluding carboxylic acids is 2. The summed E-state index contributed by atoms with van der Waals surface area (Å²) < 4.78 is 11.1. The van der Waals surface area contributed by atoms with Gasteiger partial charge in [-0.1, -0.05) is 67.9 Å². The average Bonchev–Trinajstić information content (AvgIpc) is 2.85. The number of carbonyl (C=O) groups is 2.